The molecule has 2 saturated heterocycles. The van der Waals surface area contributed by atoms with Gasteiger partial charge in [0.05, 0.1) is 23.9 Å². The Labute approximate surface area is 180 Å². The van der Waals surface area contributed by atoms with E-state index in [1.807, 2.05) is 18.2 Å². The summed E-state index contributed by atoms with van der Waals surface area (Å²) in [5.41, 5.74) is 1.49. The minimum absolute atomic E-state index is 0.0937. The highest BCUT2D eigenvalue weighted by molar-refractivity contribution is 5.91. The summed E-state index contributed by atoms with van der Waals surface area (Å²) in [6.07, 6.45) is 6.91. The molecule has 0 aliphatic carbocycles. The van der Waals surface area contributed by atoms with Crippen LogP contribution in [0.25, 0.3) is 10.9 Å². The lowest BCUT2D eigenvalue weighted by molar-refractivity contribution is 0.136. The third-order valence-corrected chi connectivity index (χ3v) is 6.36. The van der Waals surface area contributed by atoms with Gasteiger partial charge in [0.1, 0.15) is 11.6 Å². The van der Waals surface area contributed by atoms with Gasteiger partial charge in [-0.15, -0.1) is 0 Å². The summed E-state index contributed by atoms with van der Waals surface area (Å²) < 4.78 is 0. The maximum absolute atomic E-state index is 9.25. The molecule has 2 aliphatic rings. The molecule has 3 aromatic heterocycles. The van der Waals surface area contributed by atoms with E-state index in [2.05, 4.69) is 36.8 Å². The van der Waals surface area contributed by atoms with Crippen molar-refractivity contribution in [3.8, 4) is 6.07 Å². The van der Waals surface area contributed by atoms with Gasteiger partial charge in [-0.25, -0.2) is 4.98 Å². The SMILES string of the molecule is N#CCCN1[C@@H]2CC[C@H]1C[C@H](Nc1nc(Nc3cc(CO)[nH]n3)cc3ncccc13)C2. The van der Waals surface area contributed by atoms with Crippen molar-refractivity contribution in [3.63, 3.8) is 0 Å². The fourth-order valence-electron chi connectivity index (χ4n) is 5.02. The van der Waals surface area contributed by atoms with E-state index in [-0.39, 0.29) is 6.61 Å². The number of hydrogen-bond acceptors (Lipinski definition) is 8. The number of fused-ring (bicyclic) bond motifs is 3. The van der Waals surface area contributed by atoms with Crippen LogP contribution in [0.5, 0.6) is 0 Å². The minimum Gasteiger partial charge on any atom is -0.390 e. The smallest absolute Gasteiger partial charge is 0.153 e. The van der Waals surface area contributed by atoms with Crippen LogP contribution < -0.4 is 10.6 Å². The maximum atomic E-state index is 9.25. The molecule has 31 heavy (non-hydrogen) atoms. The Kier molecular flexibility index (Phi) is 5.40. The van der Waals surface area contributed by atoms with Gasteiger partial charge >= 0.3 is 0 Å². The van der Waals surface area contributed by atoms with Gasteiger partial charge in [0, 0.05) is 54.8 Å². The van der Waals surface area contributed by atoms with Crippen molar-refractivity contribution < 1.29 is 5.11 Å². The van der Waals surface area contributed by atoms with Crippen molar-refractivity contribution in [2.75, 3.05) is 17.2 Å². The number of nitriles is 1. The number of nitrogens with zero attached hydrogens (tertiary/aromatic N) is 5. The van der Waals surface area contributed by atoms with Gasteiger partial charge < -0.3 is 15.7 Å². The molecule has 0 saturated carbocycles. The van der Waals surface area contributed by atoms with E-state index in [1.54, 1.807) is 12.3 Å². The van der Waals surface area contributed by atoms with Gasteiger partial charge in [-0.2, -0.15) is 10.4 Å². The van der Waals surface area contributed by atoms with E-state index in [1.165, 1.54) is 12.8 Å². The largest absolute Gasteiger partial charge is 0.390 e. The summed E-state index contributed by atoms with van der Waals surface area (Å²) in [6.45, 7) is 0.784. The first-order valence-corrected chi connectivity index (χ1v) is 10.8. The predicted molar refractivity (Wildman–Crippen MR) is 118 cm³/mol. The molecule has 5 rings (SSSR count). The first-order chi connectivity index (χ1) is 15.2. The lowest BCUT2D eigenvalue weighted by Crippen LogP contribution is -2.47. The fraction of sp³-hybridized carbons (Fsp3) is 0.455. The number of aromatic amines is 1. The van der Waals surface area contributed by atoms with Crippen molar-refractivity contribution in [1.29, 1.82) is 5.26 Å². The molecule has 160 valence electrons. The summed E-state index contributed by atoms with van der Waals surface area (Å²) in [5.74, 6) is 2.07. The molecule has 9 nitrogen and oxygen atoms in total. The number of hydrogen-bond donors (Lipinski definition) is 4. The maximum Gasteiger partial charge on any atom is 0.153 e. The zero-order chi connectivity index (χ0) is 21.2. The third kappa shape index (κ3) is 4.04. The summed E-state index contributed by atoms with van der Waals surface area (Å²) in [5, 5.41) is 33.0. The number of H-pyrrole nitrogens is 1. The number of rotatable bonds is 7. The van der Waals surface area contributed by atoms with E-state index >= 15 is 0 Å². The summed E-state index contributed by atoms with van der Waals surface area (Å²) in [7, 11) is 0. The van der Waals surface area contributed by atoms with E-state index in [0.29, 0.717) is 41.9 Å². The van der Waals surface area contributed by atoms with Gasteiger partial charge in [-0.3, -0.25) is 15.0 Å². The van der Waals surface area contributed by atoms with Crippen LogP contribution in [0.3, 0.4) is 0 Å². The fourth-order valence-corrected chi connectivity index (χ4v) is 5.02. The molecule has 2 aliphatic heterocycles. The lowest BCUT2D eigenvalue weighted by Gasteiger charge is -2.39. The Balaban J connectivity index is 1.37. The van der Waals surface area contributed by atoms with Crippen LogP contribution in [0.4, 0.5) is 17.5 Å². The second-order valence-electron chi connectivity index (χ2n) is 8.33. The Hall–Kier alpha value is -3.22. The van der Waals surface area contributed by atoms with Crippen LogP contribution in [0.2, 0.25) is 0 Å². The average molecular weight is 419 g/mol. The predicted octanol–water partition coefficient (Wildman–Crippen LogP) is 2.91. The van der Waals surface area contributed by atoms with Crippen LogP contribution in [0, 0.1) is 11.3 Å². The number of nitrogens with one attached hydrogen (secondary N) is 3. The zero-order valence-corrected chi connectivity index (χ0v) is 17.3. The number of aliphatic hydroxyl groups is 1. The molecule has 3 atom stereocenters. The first kappa shape index (κ1) is 19.7. The second kappa shape index (κ2) is 8.49. The van der Waals surface area contributed by atoms with Crippen LogP contribution in [0.15, 0.2) is 30.5 Å². The summed E-state index contributed by atoms with van der Waals surface area (Å²) >= 11 is 0. The topological polar surface area (TPSA) is 126 Å². The van der Waals surface area contributed by atoms with Gasteiger partial charge in [0.25, 0.3) is 0 Å². The Morgan fingerprint density at radius 1 is 1.23 bits per heavy atom. The molecule has 3 aromatic rings. The lowest BCUT2D eigenvalue weighted by atomic mass is 9.97. The van der Waals surface area contributed by atoms with Crippen LogP contribution in [-0.2, 0) is 6.61 Å². The quantitative estimate of drug-likeness (QED) is 0.461. The number of piperidine rings is 1. The van der Waals surface area contributed by atoms with Crippen LogP contribution >= 0.6 is 0 Å². The van der Waals surface area contributed by atoms with Gasteiger partial charge in [-0.1, -0.05) is 0 Å². The molecule has 0 aromatic carbocycles. The van der Waals surface area contributed by atoms with Crippen molar-refractivity contribution in [1.82, 2.24) is 25.1 Å². The number of pyridine rings is 2. The monoisotopic (exact) mass is 418 g/mol. The van der Waals surface area contributed by atoms with E-state index in [4.69, 9.17) is 10.2 Å². The first-order valence-electron chi connectivity index (χ1n) is 10.8. The summed E-state index contributed by atoms with van der Waals surface area (Å²) in [6, 6.07) is 11.3. The van der Waals surface area contributed by atoms with Crippen molar-refractivity contribution in [3.05, 3.63) is 36.2 Å². The Bertz CT molecular complexity index is 1090. The highest BCUT2D eigenvalue weighted by atomic mass is 16.3. The van der Waals surface area contributed by atoms with Crippen molar-refractivity contribution in [2.24, 2.45) is 0 Å². The molecule has 0 spiro atoms. The van der Waals surface area contributed by atoms with Crippen molar-refractivity contribution >= 4 is 28.4 Å². The minimum atomic E-state index is -0.0937. The molecule has 2 bridgehead atoms. The normalized spacial score (nSPS) is 23.0. The standard InChI is InChI=1S/C22H26N8O/c23-6-2-8-30-16-4-5-17(30)10-14(9-16)25-22-18-3-1-7-24-19(18)12-20(27-22)26-21-11-15(13-31)28-29-21/h1,3,7,11-12,14,16-17,31H,2,4-5,8-10,13H2,(H3,25,26,27,28,29)/t14-,16-,17+. The van der Waals surface area contributed by atoms with E-state index < -0.39 is 0 Å². The molecule has 5 heterocycles. The van der Waals surface area contributed by atoms with E-state index in [9.17, 15) is 5.11 Å². The molecule has 9 heteroatoms. The molecular weight excluding hydrogens is 392 g/mol. The molecule has 4 N–H and O–H groups in total. The van der Waals surface area contributed by atoms with Gasteiger partial charge in [-0.05, 0) is 37.8 Å². The molecule has 0 amide bonds. The van der Waals surface area contributed by atoms with Gasteiger partial charge in [0.15, 0.2) is 5.82 Å². The molecular formula is C22H26N8O. The highest BCUT2D eigenvalue weighted by Gasteiger charge is 2.40. The summed E-state index contributed by atoms with van der Waals surface area (Å²) in [4.78, 5) is 11.9. The third-order valence-electron chi connectivity index (χ3n) is 6.36. The van der Waals surface area contributed by atoms with Crippen LogP contribution in [-0.4, -0.2) is 54.8 Å². The van der Waals surface area contributed by atoms with Crippen molar-refractivity contribution in [2.45, 2.75) is 56.8 Å². The van der Waals surface area contributed by atoms with E-state index in [0.717, 1.165) is 36.1 Å². The number of aliphatic hydroxyl groups excluding tert-OH is 1. The molecule has 2 fully saturated rings. The number of aromatic nitrogens is 4. The second-order valence-corrected chi connectivity index (χ2v) is 8.33. The Morgan fingerprint density at radius 3 is 2.81 bits per heavy atom. The number of anilines is 3. The molecule has 0 radical (unpaired) electrons. The zero-order valence-electron chi connectivity index (χ0n) is 17.3. The highest BCUT2D eigenvalue weighted by Crippen LogP contribution is 2.37. The van der Waals surface area contributed by atoms with Gasteiger partial charge in [0.2, 0.25) is 0 Å². The van der Waals surface area contributed by atoms with Crippen LogP contribution in [0.1, 0.15) is 37.8 Å². The Morgan fingerprint density at radius 2 is 2.06 bits per heavy atom. The average Bonchev–Trinajstić information content (AvgIpc) is 3.33. The molecule has 0 unspecified atom stereocenters.